The van der Waals surface area contributed by atoms with Crippen molar-refractivity contribution in [2.75, 3.05) is 19.7 Å². The van der Waals surface area contributed by atoms with Gasteiger partial charge in [-0.2, -0.15) is 0 Å². The summed E-state index contributed by atoms with van der Waals surface area (Å²) in [6, 6.07) is 14.4. The molecule has 1 aliphatic rings. The molecule has 2 aromatic carbocycles. The van der Waals surface area contributed by atoms with Crippen LogP contribution in [0.4, 0.5) is 4.79 Å². The summed E-state index contributed by atoms with van der Waals surface area (Å²) in [5, 5.41) is 11.3. The van der Waals surface area contributed by atoms with Crippen molar-refractivity contribution in [3.63, 3.8) is 0 Å². The number of carbonyl (C=O) groups excluding carboxylic acids is 4. The van der Waals surface area contributed by atoms with Gasteiger partial charge in [-0.15, -0.1) is 0 Å². The van der Waals surface area contributed by atoms with E-state index in [-0.39, 0.29) is 19.1 Å². The maximum Gasteiger partial charge on any atom is 0.408 e. The number of benzene rings is 2. The van der Waals surface area contributed by atoms with E-state index in [4.69, 9.17) is 14.6 Å². The lowest BCUT2D eigenvalue weighted by Gasteiger charge is -2.27. The lowest BCUT2D eigenvalue weighted by atomic mass is 9.99. The van der Waals surface area contributed by atoms with Crippen LogP contribution in [0.3, 0.4) is 0 Å². The molecule has 34 heavy (non-hydrogen) atoms. The zero-order valence-electron chi connectivity index (χ0n) is 18.3. The van der Waals surface area contributed by atoms with Gasteiger partial charge in [-0.05, 0) is 23.6 Å². The quantitative estimate of drug-likeness (QED) is 0.501. The summed E-state index contributed by atoms with van der Waals surface area (Å²) < 4.78 is 9.96. The predicted molar refractivity (Wildman–Crippen MR) is 118 cm³/mol. The Bertz CT molecular complexity index is 1070. The number of carbonyl (C=O) groups is 5. The topological polar surface area (TPSA) is 139 Å². The Kier molecular flexibility index (Phi) is 8.33. The summed E-state index contributed by atoms with van der Waals surface area (Å²) in [7, 11) is 0. The Hall–Kier alpha value is -4.21. The van der Waals surface area contributed by atoms with Crippen LogP contribution in [0.5, 0.6) is 0 Å². The number of amides is 2. The molecule has 178 valence electrons. The molecule has 3 rings (SSSR count). The predicted octanol–water partition coefficient (Wildman–Crippen LogP) is 1.57. The molecule has 0 aromatic heterocycles. The largest absolute Gasteiger partial charge is 0.481 e. The molecule has 0 spiro atoms. The molecule has 2 aromatic rings. The van der Waals surface area contributed by atoms with Crippen molar-refractivity contribution in [2.24, 2.45) is 0 Å². The zero-order valence-corrected chi connectivity index (χ0v) is 18.3. The Balaban J connectivity index is 1.49. The Morgan fingerprint density at radius 3 is 2.44 bits per heavy atom. The van der Waals surface area contributed by atoms with E-state index in [9.17, 15) is 24.0 Å². The number of alkyl carbamates (subject to hydrolysis) is 1. The summed E-state index contributed by atoms with van der Waals surface area (Å²) in [4.78, 5) is 61.6. The molecule has 0 bridgehead atoms. The normalized spacial score (nSPS) is 13.4. The number of nitrogens with one attached hydrogen (secondary N) is 1. The van der Waals surface area contributed by atoms with Crippen LogP contribution in [0, 0.1) is 0 Å². The molecule has 1 atom stereocenters. The van der Waals surface area contributed by atoms with Crippen molar-refractivity contribution >= 4 is 29.7 Å². The standard InChI is InChI=1S/C24H24N2O8/c27-20(19(12-21(28)29)25-24(32)34-14-16-6-2-1-3-7-16)15-33-22(30)13-26-11-10-17-8-4-5-9-18(17)23(26)31/h1-9,19H,10-15H2,(H,25,32)(H,28,29). The minimum absolute atomic E-state index is 0.0668. The number of carboxylic acid groups (broad SMARTS) is 1. The van der Waals surface area contributed by atoms with Crippen molar-refractivity contribution in [3.8, 4) is 0 Å². The third kappa shape index (κ3) is 6.89. The lowest BCUT2D eigenvalue weighted by molar-refractivity contribution is -0.149. The van der Waals surface area contributed by atoms with Gasteiger partial charge in [0.2, 0.25) is 0 Å². The van der Waals surface area contributed by atoms with E-state index >= 15 is 0 Å². The first kappa shape index (κ1) is 24.4. The average molecular weight is 468 g/mol. The maximum absolute atomic E-state index is 12.5. The van der Waals surface area contributed by atoms with E-state index in [1.807, 2.05) is 12.1 Å². The Morgan fingerprint density at radius 1 is 1.00 bits per heavy atom. The molecule has 0 saturated carbocycles. The molecular weight excluding hydrogens is 444 g/mol. The molecule has 10 nitrogen and oxygen atoms in total. The number of hydrogen-bond donors (Lipinski definition) is 2. The van der Waals surface area contributed by atoms with Crippen LogP contribution in [0.15, 0.2) is 54.6 Å². The second-order valence-corrected chi connectivity index (χ2v) is 7.62. The second-order valence-electron chi connectivity index (χ2n) is 7.62. The molecule has 0 radical (unpaired) electrons. The number of aliphatic carboxylic acids is 1. The first-order valence-corrected chi connectivity index (χ1v) is 10.6. The number of fused-ring (bicyclic) bond motifs is 1. The fourth-order valence-corrected chi connectivity index (χ4v) is 3.41. The number of esters is 1. The minimum Gasteiger partial charge on any atom is -0.481 e. The van der Waals surface area contributed by atoms with Crippen molar-refractivity contribution in [1.82, 2.24) is 10.2 Å². The molecule has 10 heteroatoms. The average Bonchev–Trinajstić information content (AvgIpc) is 2.83. The highest BCUT2D eigenvalue weighted by atomic mass is 16.6. The molecule has 0 fully saturated rings. The van der Waals surface area contributed by atoms with Gasteiger partial charge >= 0.3 is 18.0 Å². The van der Waals surface area contributed by atoms with E-state index in [1.54, 1.807) is 42.5 Å². The number of carboxylic acids is 1. The van der Waals surface area contributed by atoms with E-state index in [0.29, 0.717) is 24.1 Å². The first-order chi connectivity index (χ1) is 16.3. The van der Waals surface area contributed by atoms with Crippen LogP contribution >= 0.6 is 0 Å². The Morgan fingerprint density at radius 2 is 1.71 bits per heavy atom. The molecule has 2 amide bonds. The summed E-state index contributed by atoms with van der Waals surface area (Å²) in [5.41, 5.74) is 2.12. The van der Waals surface area contributed by atoms with Gasteiger partial charge in [-0.3, -0.25) is 19.2 Å². The van der Waals surface area contributed by atoms with E-state index in [1.165, 1.54) is 4.90 Å². The fraction of sp³-hybridized carbons (Fsp3) is 0.292. The van der Waals surface area contributed by atoms with Crippen LogP contribution in [-0.4, -0.2) is 65.5 Å². The van der Waals surface area contributed by atoms with Crippen molar-refractivity contribution in [1.29, 1.82) is 0 Å². The van der Waals surface area contributed by atoms with E-state index in [0.717, 1.165) is 5.56 Å². The van der Waals surface area contributed by atoms with Gasteiger partial charge in [0.1, 0.15) is 19.2 Å². The summed E-state index contributed by atoms with van der Waals surface area (Å²) >= 11 is 0. The summed E-state index contributed by atoms with van der Waals surface area (Å²) in [6.07, 6.45) is -1.10. The third-order valence-corrected chi connectivity index (χ3v) is 5.15. The monoisotopic (exact) mass is 468 g/mol. The van der Waals surface area contributed by atoms with Crippen LogP contribution in [0.1, 0.15) is 27.9 Å². The molecule has 1 unspecified atom stereocenters. The fourth-order valence-electron chi connectivity index (χ4n) is 3.41. The molecule has 0 saturated heterocycles. The first-order valence-electron chi connectivity index (χ1n) is 10.6. The van der Waals surface area contributed by atoms with Gasteiger partial charge in [0, 0.05) is 12.1 Å². The smallest absolute Gasteiger partial charge is 0.408 e. The minimum atomic E-state index is -1.45. The van der Waals surface area contributed by atoms with Gasteiger partial charge in [0.25, 0.3) is 5.91 Å². The lowest BCUT2D eigenvalue weighted by Crippen LogP contribution is -2.45. The summed E-state index contributed by atoms with van der Waals surface area (Å²) in [6.45, 7) is -0.844. The van der Waals surface area contributed by atoms with Gasteiger partial charge in [-0.25, -0.2) is 4.79 Å². The molecular formula is C24H24N2O8. The molecule has 2 N–H and O–H groups in total. The SMILES string of the molecule is O=C(O)CC(NC(=O)OCc1ccccc1)C(=O)COC(=O)CN1CCc2ccccc2C1=O. The number of nitrogens with zero attached hydrogens (tertiary/aromatic N) is 1. The Labute approximate surface area is 195 Å². The molecule has 1 aliphatic heterocycles. The number of hydrogen-bond acceptors (Lipinski definition) is 7. The summed E-state index contributed by atoms with van der Waals surface area (Å²) in [5.74, 6) is -3.27. The number of Topliss-reactive ketones (excluding diaryl/α,β-unsaturated/α-hetero) is 1. The molecule has 1 heterocycles. The van der Waals surface area contributed by atoms with Gasteiger partial charge in [0.05, 0.1) is 6.42 Å². The number of ether oxygens (including phenoxy) is 2. The van der Waals surface area contributed by atoms with Gasteiger partial charge < -0.3 is 24.8 Å². The van der Waals surface area contributed by atoms with Crippen LogP contribution in [0.25, 0.3) is 0 Å². The van der Waals surface area contributed by atoms with Crippen LogP contribution in [0.2, 0.25) is 0 Å². The highest BCUT2D eigenvalue weighted by Crippen LogP contribution is 2.18. The third-order valence-electron chi connectivity index (χ3n) is 5.15. The van der Waals surface area contributed by atoms with Gasteiger partial charge in [0.15, 0.2) is 12.4 Å². The van der Waals surface area contributed by atoms with E-state index in [2.05, 4.69) is 5.32 Å². The molecule has 0 aliphatic carbocycles. The van der Waals surface area contributed by atoms with Crippen LogP contribution in [-0.2, 0) is 36.9 Å². The van der Waals surface area contributed by atoms with Crippen molar-refractivity contribution in [2.45, 2.75) is 25.5 Å². The number of ketones is 1. The highest BCUT2D eigenvalue weighted by Gasteiger charge is 2.28. The van der Waals surface area contributed by atoms with E-state index < -0.39 is 42.9 Å². The van der Waals surface area contributed by atoms with Crippen molar-refractivity contribution in [3.05, 3.63) is 71.3 Å². The zero-order chi connectivity index (χ0) is 24.5. The maximum atomic E-state index is 12.5. The highest BCUT2D eigenvalue weighted by molar-refractivity contribution is 5.98. The van der Waals surface area contributed by atoms with Gasteiger partial charge in [-0.1, -0.05) is 48.5 Å². The second kappa shape index (κ2) is 11.6. The number of rotatable bonds is 10. The van der Waals surface area contributed by atoms with Crippen molar-refractivity contribution < 1.29 is 38.6 Å². The van der Waals surface area contributed by atoms with Crippen LogP contribution < -0.4 is 5.32 Å².